The van der Waals surface area contributed by atoms with Crippen LogP contribution >= 0.6 is 0 Å². The lowest BCUT2D eigenvalue weighted by atomic mass is 10.2. The molecule has 0 aliphatic heterocycles. The molecule has 1 aromatic carbocycles. The fourth-order valence-corrected chi connectivity index (χ4v) is 2.70. The summed E-state index contributed by atoms with van der Waals surface area (Å²) in [7, 11) is 4.33. The zero-order valence-corrected chi connectivity index (χ0v) is 17.8. The number of hydrogen-bond donors (Lipinski definition) is 1. The lowest BCUT2D eigenvalue weighted by molar-refractivity contribution is 0.0590. The number of nitrogens with one attached hydrogen (secondary N) is 1. The molecular formula is C21H26N4O5. The Hall–Kier alpha value is -3.62. The van der Waals surface area contributed by atoms with Crippen LogP contribution in [0.2, 0.25) is 0 Å². The van der Waals surface area contributed by atoms with Crippen LogP contribution < -0.4 is 4.74 Å². The monoisotopic (exact) mass is 414 g/mol. The number of aromatic nitrogens is 4. The average Bonchev–Trinajstić information content (AvgIpc) is 3.45. The fourth-order valence-electron chi connectivity index (χ4n) is 2.70. The summed E-state index contributed by atoms with van der Waals surface area (Å²) < 4.78 is 16.1. The van der Waals surface area contributed by atoms with E-state index in [-0.39, 0.29) is 11.9 Å². The summed E-state index contributed by atoms with van der Waals surface area (Å²) >= 11 is 0. The van der Waals surface area contributed by atoms with Crippen molar-refractivity contribution < 1.29 is 23.8 Å². The fraction of sp³-hybridized carbons (Fsp3) is 0.333. The van der Waals surface area contributed by atoms with E-state index in [1.54, 1.807) is 18.0 Å². The van der Waals surface area contributed by atoms with Crippen LogP contribution in [0.5, 0.6) is 5.75 Å². The Morgan fingerprint density at radius 1 is 1.03 bits per heavy atom. The van der Waals surface area contributed by atoms with Crippen molar-refractivity contribution >= 4 is 11.9 Å². The molecule has 0 aliphatic rings. The summed E-state index contributed by atoms with van der Waals surface area (Å²) in [5, 5.41) is 10.9. The van der Waals surface area contributed by atoms with Gasteiger partial charge in [-0.2, -0.15) is 10.2 Å². The van der Waals surface area contributed by atoms with Gasteiger partial charge in [0.05, 0.1) is 38.9 Å². The van der Waals surface area contributed by atoms with Gasteiger partial charge in [0.25, 0.3) is 0 Å². The molecule has 0 radical (unpaired) electrons. The van der Waals surface area contributed by atoms with Crippen LogP contribution in [0.3, 0.4) is 0 Å². The molecule has 160 valence electrons. The molecule has 1 N–H and O–H groups in total. The van der Waals surface area contributed by atoms with Crippen LogP contribution in [-0.2, 0) is 22.3 Å². The summed E-state index contributed by atoms with van der Waals surface area (Å²) in [6.45, 7) is 3.89. The molecule has 9 nitrogen and oxygen atoms in total. The average molecular weight is 414 g/mol. The number of carbonyl (C=O) groups excluding carboxylic acids is 2. The molecular weight excluding hydrogens is 388 g/mol. The number of methoxy groups -OCH3 is 3. The number of carbonyl (C=O) groups is 2. The van der Waals surface area contributed by atoms with Crippen LogP contribution in [0.25, 0.3) is 5.69 Å². The van der Waals surface area contributed by atoms with Crippen LogP contribution in [0.1, 0.15) is 46.0 Å². The second-order valence-corrected chi connectivity index (χ2v) is 6.09. The zero-order valence-electron chi connectivity index (χ0n) is 17.8. The van der Waals surface area contributed by atoms with Crippen molar-refractivity contribution in [1.82, 2.24) is 20.0 Å². The van der Waals surface area contributed by atoms with Gasteiger partial charge in [-0.15, -0.1) is 0 Å². The summed E-state index contributed by atoms with van der Waals surface area (Å²) in [5.74, 6) is 0.0345. The van der Waals surface area contributed by atoms with E-state index in [1.165, 1.54) is 20.4 Å². The number of aromatic amines is 1. The second-order valence-electron chi connectivity index (χ2n) is 6.09. The van der Waals surface area contributed by atoms with E-state index in [4.69, 9.17) is 9.47 Å². The Morgan fingerprint density at radius 3 is 2.33 bits per heavy atom. The third-order valence-electron chi connectivity index (χ3n) is 4.33. The van der Waals surface area contributed by atoms with E-state index in [1.807, 2.05) is 38.1 Å². The molecule has 0 saturated heterocycles. The predicted molar refractivity (Wildman–Crippen MR) is 110 cm³/mol. The van der Waals surface area contributed by atoms with Crippen LogP contribution in [0.15, 0.2) is 36.7 Å². The topological polar surface area (TPSA) is 108 Å². The molecule has 2 heterocycles. The van der Waals surface area contributed by atoms with Crippen molar-refractivity contribution in [2.24, 2.45) is 0 Å². The molecule has 0 aliphatic carbocycles. The lowest BCUT2D eigenvalue weighted by Gasteiger charge is -2.03. The Labute approximate surface area is 175 Å². The second kappa shape index (κ2) is 10.8. The minimum Gasteiger partial charge on any atom is -0.497 e. The first kappa shape index (κ1) is 22.7. The smallest absolute Gasteiger partial charge is 0.341 e. The zero-order chi connectivity index (χ0) is 22.1. The predicted octanol–water partition coefficient (Wildman–Crippen LogP) is 2.99. The van der Waals surface area contributed by atoms with Gasteiger partial charge in [0.2, 0.25) is 0 Å². The van der Waals surface area contributed by atoms with Crippen LogP contribution in [0, 0.1) is 0 Å². The number of aryl methyl sites for hydroxylation is 2. The molecule has 0 spiro atoms. The van der Waals surface area contributed by atoms with E-state index in [9.17, 15) is 9.59 Å². The van der Waals surface area contributed by atoms with Gasteiger partial charge < -0.3 is 14.2 Å². The molecule has 9 heteroatoms. The maximum absolute atomic E-state index is 11.7. The molecule has 0 atom stereocenters. The Bertz CT molecular complexity index is 993. The molecule has 0 unspecified atom stereocenters. The molecule has 3 rings (SSSR count). The van der Waals surface area contributed by atoms with E-state index in [2.05, 4.69) is 20.0 Å². The quantitative estimate of drug-likeness (QED) is 0.618. The largest absolute Gasteiger partial charge is 0.497 e. The van der Waals surface area contributed by atoms with E-state index < -0.39 is 0 Å². The third-order valence-corrected chi connectivity index (χ3v) is 4.33. The maximum Gasteiger partial charge on any atom is 0.341 e. The molecule has 2 aromatic heterocycles. The lowest BCUT2D eigenvalue weighted by Crippen LogP contribution is -2.02. The van der Waals surface area contributed by atoms with Crippen molar-refractivity contribution in [1.29, 1.82) is 0 Å². The first-order valence-corrected chi connectivity index (χ1v) is 9.40. The summed E-state index contributed by atoms with van der Waals surface area (Å²) in [6.07, 6.45) is 4.58. The maximum atomic E-state index is 11.7. The van der Waals surface area contributed by atoms with Gasteiger partial charge in [-0.25, -0.2) is 14.3 Å². The van der Waals surface area contributed by atoms with Gasteiger partial charge in [-0.1, -0.05) is 19.9 Å². The molecule has 0 bridgehead atoms. The van der Waals surface area contributed by atoms with Crippen molar-refractivity contribution in [3.05, 3.63) is 59.2 Å². The third kappa shape index (κ3) is 5.25. The standard InChI is InChI=1S/C14H16N2O3.C7H10N2O2/c1-4-13-12(14(17)19-3)9-16(15-13)10-6-5-7-11(8-10)18-2;1-3-6-5(4-8-9-6)7(10)11-2/h5-9H,4H2,1-3H3;4H,3H2,1-2H3,(H,8,9). The van der Waals surface area contributed by atoms with E-state index >= 15 is 0 Å². The van der Waals surface area contributed by atoms with Gasteiger partial charge in [-0.3, -0.25) is 5.10 Å². The number of hydrogen-bond acceptors (Lipinski definition) is 7. The van der Waals surface area contributed by atoms with Crippen molar-refractivity contribution in [2.45, 2.75) is 26.7 Å². The summed E-state index contributed by atoms with van der Waals surface area (Å²) in [4.78, 5) is 22.6. The highest BCUT2D eigenvalue weighted by Crippen LogP contribution is 2.18. The minimum atomic E-state index is -0.369. The number of H-pyrrole nitrogens is 1. The molecule has 0 saturated carbocycles. The highest BCUT2D eigenvalue weighted by atomic mass is 16.5. The normalized spacial score (nSPS) is 10.0. The highest BCUT2D eigenvalue weighted by molar-refractivity contribution is 5.90. The van der Waals surface area contributed by atoms with Crippen molar-refractivity contribution in [3.8, 4) is 11.4 Å². The van der Waals surface area contributed by atoms with Gasteiger partial charge in [-0.05, 0) is 25.0 Å². The number of rotatable bonds is 6. The van der Waals surface area contributed by atoms with E-state index in [0.29, 0.717) is 17.5 Å². The van der Waals surface area contributed by atoms with Gasteiger partial charge >= 0.3 is 11.9 Å². The first-order valence-electron chi connectivity index (χ1n) is 9.40. The minimum absolute atomic E-state index is 0.337. The molecule has 0 amide bonds. The first-order chi connectivity index (χ1) is 14.5. The Balaban J connectivity index is 0.000000248. The van der Waals surface area contributed by atoms with E-state index in [0.717, 1.165) is 29.2 Å². The van der Waals surface area contributed by atoms with Crippen molar-refractivity contribution in [3.63, 3.8) is 0 Å². The number of esters is 2. The number of ether oxygens (including phenoxy) is 3. The van der Waals surface area contributed by atoms with Crippen molar-refractivity contribution in [2.75, 3.05) is 21.3 Å². The Morgan fingerprint density at radius 2 is 1.73 bits per heavy atom. The number of benzene rings is 1. The summed E-state index contributed by atoms with van der Waals surface area (Å²) in [6, 6.07) is 7.48. The van der Waals surface area contributed by atoms with Crippen LogP contribution in [0.4, 0.5) is 0 Å². The van der Waals surface area contributed by atoms with Gasteiger partial charge in [0, 0.05) is 18.0 Å². The SMILES string of the molecule is CCc1[nH]ncc1C(=O)OC.CCc1nn(-c2cccc(OC)c2)cc1C(=O)OC. The van der Waals surface area contributed by atoms with Gasteiger partial charge in [0.1, 0.15) is 16.9 Å². The molecule has 3 aromatic rings. The summed E-state index contributed by atoms with van der Waals surface area (Å²) in [5.41, 5.74) is 3.39. The highest BCUT2D eigenvalue weighted by Gasteiger charge is 2.16. The molecule has 0 fully saturated rings. The molecule has 30 heavy (non-hydrogen) atoms. The number of nitrogens with zero attached hydrogens (tertiary/aromatic N) is 3. The van der Waals surface area contributed by atoms with Crippen LogP contribution in [-0.4, -0.2) is 53.2 Å². The Kier molecular flexibility index (Phi) is 8.16. The van der Waals surface area contributed by atoms with Gasteiger partial charge in [0.15, 0.2) is 0 Å².